The van der Waals surface area contributed by atoms with Gasteiger partial charge in [0.1, 0.15) is 5.92 Å². The highest BCUT2D eigenvalue weighted by Crippen LogP contribution is 2.56. The lowest BCUT2D eigenvalue weighted by Crippen LogP contribution is -2.39. The van der Waals surface area contributed by atoms with E-state index in [-0.39, 0.29) is 21.8 Å². The molecule has 0 aromatic carbocycles. The molecule has 1 aliphatic rings. The first kappa shape index (κ1) is 22.5. The van der Waals surface area contributed by atoms with E-state index in [1.165, 1.54) is 0 Å². The van der Waals surface area contributed by atoms with E-state index >= 15 is 0 Å². The second-order valence-corrected chi connectivity index (χ2v) is 9.97. The van der Waals surface area contributed by atoms with Crippen molar-refractivity contribution in [3.63, 3.8) is 0 Å². The molecule has 0 aliphatic heterocycles. The molecule has 0 saturated carbocycles. The lowest BCUT2D eigenvalue weighted by atomic mass is 9.56. The summed E-state index contributed by atoms with van der Waals surface area (Å²) in [4.78, 5) is 24.1. The third-order valence-corrected chi connectivity index (χ3v) is 5.22. The van der Waals surface area contributed by atoms with Crippen LogP contribution >= 0.6 is 0 Å². The van der Waals surface area contributed by atoms with Gasteiger partial charge in [0, 0.05) is 5.41 Å². The molecule has 0 aromatic rings. The third kappa shape index (κ3) is 4.77. The van der Waals surface area contributed by atoms with Crippen LogP contribution in [-0.4, -0.2) is 22.2 Å². The first-order chi connectivity index (χ1) is 11.7. The van der Waals surface area contributed by atoms with Crippen LogP contribution in [0.25, 0.3) is 0 Å². The van der Waals surface area contributed by atoms with Gasteiger partial charge in [-0.05, 0) is 42.1 Å². The number of carboxylic acids is 2. The molecule has 0 aromatic heterocycles. The van der Waals surface area contributed by atoms with Crippen LogP contribution in [-0.2, 0) is 9.59 Å². The molecule has 2 N–H and O–H groups in total. The summed E-state index contributed by atoms with van der Waals surface area (Å²) in [5.41, 5.74) is 1.45. The quantitative estimate of drug-likeness (QED) is 0.594. The van der Waals surface area contributed by atoms with Gasteiger partial charge in [0.25, 0.3) is 0 Å². The summed E-state index contributed by atoms with van der Waals surface area (Å²) in [5.74, 6) is -3.26. The highest BCUT2D eigenvalue weighted by molar-refractivity contribution is 5.97. The molecular weight excluding hydrogens is 328 g/mol. The fourth-order valence-corrected chi connectivity index (χ4v) is 4.48. The zero-order valence-electron chi connectivity index (χ0n) is 17.7. The van der Waals surface area contributed by atoms with Crippen molar-refractivity contribution in [3.8, 4) is 0 Å². The van der Waals surface area contributed by atoms with Gasteiger partial charge in [-0.2, -0.15) is 0 Å². The fourth-order valence-electron chi connectivity index (χ4n) is 4.48. The van der Waals surface area contributed by atoms with Crippen molar-refractivity contribution in [1.82, 2.24) is 0 Å². The Balaban J connectivity index is 3.87. The van der Waals surface area contributed by atoms with E-state index in [1.54, 1.807) is 6.08 Å². The minimum Gasteiger partial charge on any atom is -0.481 e. The zero-order chi connectivity index (χ0) is 20.5. The predicted molar refractivity (Wildman–Crippen MR) is 105 cm³/mol. The average Bonchev–Trinajstić information content (AvgIpc) is 2.44. The van der Waals surface area contributed by atoms with Crippen LogP contribution < -0.4 is 0 Å². The number of aliphatic carboxylic acids is 2. The van der Waals surface area contributed by atoms with Gasteiger partial charge in [-0.25, -0.2) is 4.79 Å². The van der Waals surface area contributed by atoms with E-state index in [0.717, 1.165) is 30.4 Å². The largest absolute Gasteiger partial charge is 0.481 e. The molecular formula is C22H36O4. The van der Waals surface area contributed by atoms with Gasteiger partial charge in [-0.1, -0.05) is 67.0 Å². The molecule has 2 unspecified atom stereocenters. The van der Waals surface area contributed by atoms with Crippen LogP contribution in [0.1, 0.15) is 81.1 Å². The highest BCUT2D eigenvalue weighted by Gasteiger charge is 2.47. The normalized spacial score (nSPS) is 24.5. The van der Waals surface area contributed by atoms with E-state index in [4.69, 9.17) is 0 Å². The molecule has 148 valence electrons. The Labute approximate surface area is 158 Å². The lowest BCUT2D eigenvalue weighted by Gasteiger charge is -2.47. The molecule has 0 spiro atoms. The first-order valence-corrected chi connectivity index (χ1v) is 9.59. The number of allylic oxidation sites excluding steroid dienone is 2. The number of carbonyl (C=O) groups is 2. The van der Waals surface area contributed by atoms with Crippen molar-refractivity contribution in [2.45, 2.75) is 81.1 Å². The van der Waals surface area contributed by atoms with Crippen molar-refractivity contribution >= 4 is 11.9 Å². The van der Waals surface area contributed by atoms with Crippen LogP contribution in [0.3, 0.4) is 0 Å². The van der Waals surface area contributed by atoms with E-state index in [1.807, 2.05) is 6.92 Å². The van der Waals surface area contributed by atoms with E-state index in [2.05, 4.69) is 48.5 Å². The summed E-state index contributed by atoms with van der Waals surface area (Å²) in [5, 5.41) is 19.7. The highest BCUT2D eigenvalue weighted by atomic mass is 16.4. The van der Waals surface area contributed by atoms with Crippen LogP contribution in [0.4, 0.5) is 0 Å². The molecule has 0 bridgehead atoms. The van der Waals surface area contributed by atoms with Gasteiger partial charge in [0.15, 0.2) is 0 Å². The molecule has 0 amide bonds. The summed E-state index contributed by atoms with van der Waals surface area (Å²) in [6.45, 7) is 16.9. The Hall–Kier alpha value is -1.58. The van der Waals surface area contributed by atoms with Crippen LogP contribution in [0.5, 0.6) is 0 Å². The zero-order valence-corrected chi connectivity index (χ0v) is 17.7. The topological polar surface area (TPSA) is 74.6 Å². The van der Waals surface area contributed by atoms with Crippen molar-refractivity contribution in [1.29, 1.82) is 0 Å². The van der Waals surface area contributed by atoms with Gasteiger partial charge in [0.2, 0.25) is 0 Å². The number of rotatable bonds is 6. The Morgan fingerprint density at radius 3 is 1.88 bits per heavy atom. The maximum atomic E-state index is 12.2. The van der Waals surface area contributed by atoms with Gasteiger partial charge >= 0.3 is 11.9 Å². The third-order valence-electron chi connectivity index (χ3n) is 5.22. The standard InChI is InChI=1S/C22H36O4/c1-9-14-11-15(18(23)24)17(19(25)26)16(12-20(3,4)5)22(14,10-2)13-21(6,7)8/h11,15H,9-10,12-13H2,1-8H3,(H,23,24)(H,25,26). The molecule has 2 atom stereocenters. The molecule has 1 aliphatic carbocycles. The van der Waals surface area contributed by atoms with Crippen molar-refractivity contribution in [2.75, 3.05) is 0 Å². The predicted octanol–water partition coefficient (Wildman–Crippen LogP) is 5.69. The second kappa shape index (κ2) is 7.58. The minimum atomic E-state index is -1.10. The first-order valence-electron chi connectivity index (χ1n) is 9.59. The molecule has 0 fully saturated rings. The summed E-state index contributed by atoms with van der Waals surface area (Å²) >= 11 is 0. The molecule has 26 heavy (non-hydrogen) atoms. The monoisotopic (exact) mass is 364 g/mol. The summed E-state index contributed by atoms with van der Waals surface area (Å²) in [6.07, 6.45) is 4.62. The minimum absolute atomic E-state index is 0.00687. The molecule has 0 heterocycles. The summed E-state index contributed by atoms with van der Waals surface area (Å²) in [7, 11) is 0. The number of hydrogen-bond acceptors (Lipinski definition) is 2. The lowest BCUT2D eigenvalue weighted by molar-refractivity contribution is -0.142. The molecule has 0 saturated heterocycles. The average molecular weight is 365 g/mol. The van der Waals surface area contributed by atoms with Gasteiger partial charge in [0.05, 0.1) is 5.57 Å². The fraction of sp³-hybridized carbons (Fsp3) is 0.727. The van der Waals surface area contributed by atoms with Crippen LogP contribution in [0.2, 0.25) is 0 Å². The maximum absolute atomic E-state index is 12.2. The summed E-state index contributed by atoms with van der Waals surface area (Å²) in [6, 6.07) is 0. The Bertz CT molecular complexity index is 626. The van der Waals surface area contributed by atoms with Crippen molar-refractivity contribution in [3.05, 3.63) is 22.8 Å². The molecule has 1 rings (SSSR count). The van der Waals surface area contributed by atoms with Crippen molar-refractivity contribution < 1.29 is 19.8 Å². The van der Waals surface area contributed by atoms with Gasteiger partial charge in [-0.3, -0.25) is 4.79 Å². The summed E-state index contributed by atoms with van der Waals surface area (Å²) < 4.78 is 0. The van der Waals surface area contributed by atoms with Crippen LogP contribution in [0, 0.1) is 22.2 Å². The maximum Gasteiger partial charge on any atom is 0.332 e. The van der Waals surface area contributed by atoms with Crippen molar-refractivity contribution in [2.24, 2.45) is 22.2 Å². The number of carboxylic acid groups (broad SMARTS) is 2. The molecule has 0 radical (unpaired) electrons. The van der Waals surface area contributed by atoms with Gasteiger partial charge in [-0.15, -0.1) is 0 Å². The smallest absolute Gasteiger partial charge is 0.332 e. The van der Waals surface area contributed by atoms with Gasteiger partial charge < -0.3 is 10.2 Å². The Morgan fingerprint density at radius 2 is 1.58 bits per heavy atom. The number of hydrogen-bond donors (Lipinski definition) is 2. The van der Waals surface area contributed by atoms with E-state index in [0.29, 0.717) is 6.42 Å². The second-order valence-electron chi connectivity index (χ2n) is 9.97. The Morgan fingerprint density at radius 1 is 1.04 bits per heavy atom. The molecule has 4 heteroatoms. The van der Waals surface area contributed by atoms with Crippen LogP contribution in [0.15, 0.2) is 22.8 Å². The SMILES string of the molecule is CCC1=CC(C(=O)O)C(C(=O)O)=C(CC(C)(C)C)C1(CC)CC(C)(C)C. The Kier molecular flexibility index (Phi) is 6.54. The van der Waals surface area contributed by atoms with E-state index < -0.39 is 17.9 Å². The van der Waals surface area contributed by atoms with E-state index in [9.17, 15) is 19.8 Å². The molecule has 4 nitrogen and oxygen atoms in total.